The van der Waals surface area contributed by atoms with E-state index in [2.05, 4.69) is 5.32 Å². The third-order valence-electron chi connectivity index (χ3n) is 3.01. The Balaban J connectivity index is 1.69. The van der Waals surface area contributed by atoms with Crippen LogP contribution >= 0.6 is 0 Å². The minimum absolute atomic E-state index is 0.0226. The van der Waals surface area contributed by atoms with Crippen molar-refractivity contribution in [3.63, 3.8) is 0 Å². The van der Waals surface area contributed by atoms with Crippen LogP contribution in [-0.4, -0.2) is 24.7 Å². The van der Waals surface area contributed by atoms with Crippen LogP contribution in [-0.2, 0) is 16.0 Å². The number of hydrogen-bond acceptors (Lipinski definition) is 3. The average Bonchev–Trinajstić information content (AvgIpc) is 2.99. The first-order valence-corrected chi connectivity index (χ1v) is 6.20. The fourth-order valence-corrected chi connectivity index (χ4v) is 2.01. The molecular formula is C13H19NO3. The van der Waals surface area contributed by atoms with Gasteiger partial charge in [0.2, 0.25) is 5.91 Å². The normalized spacial score (nSPS) is 21.4. The van der Waals surface area contributed by atoms with Gasteiger partial charge in [-0.25, -0.2) is 0 Å². The lowest BCUT2D eigenvalue weighted by Crippen LogP contribution is -2.39. The molecule has 1 aliphatic heterocycles. The molecule has 0 saturated carbocycles. The molecule has 1 aromatic rings. The van der Waals surface area contributed by atoms with Gasteiger partial charge in [0.1, 0.15) is 11.9 Å². The summed E-state index contributed by atoms with van der Waals surface area (Å²) in [5.74, 6) is 0.984. The molecule has 0 aromatic carbocycles. The second kappa shape index (κ2) is 5.87. The first-order chi connectivity index (χ1) is 8.25. The van der Waals surface area contributed by atoms with Crippen molar-refractivity contribution in [1.82, 2.24) is 5.32 Å². The Morgan fingerprint density at radius 1 is 1.65 bits per heavy atom. The summed E-state index contributed by atoms with van der Waals surface area (Å²) >= 11 is 0. The molecule has 1 N–H and O–H groups in total. The van der Waals surface area contributed by atoms with Gasteiger partial charge in [-0.3, -0.25) is 4.79 Å². The highest BCUT2D eigenvalue weighted by Crippen LogP contribution is 2.12. The van der Waals surface area contributed by atoms with Gasteiger partial charge in [-0.15, -0.1) is 0 Å². The summed E-state index contributed by atoms with van der Waals surface area (Å²) in [6.07, 6.45) is 4.99. The van der Waals surface area contributed by atoms with Crippen LogP contribution in [0.25, 0.3) is 0 Å². The van der Waals surface area contributed by atoms with E-state index in [4.69, 9.17) is 9.15 Å². The predicted octanol–water partition coefficient (Wildman–Crippen LogP) is 1.90. The van der Waals surface area contributed by atoms with Crippen LogP contribution in [0.1, 0.15) is 31.9 Å². The molecule has 94 valence electrons. The zero-order valence-electron chi connectivity index (χ0n) is 10.1. The van der Waals surface area contributed by atoms with Crippen molar-refractivity contribution < 1.29 is 13.9 Å². The van der Waals surface area contributed by atoms with Crippen molar-refractivity contribution in [3.8, 4) is 0 Å². The standard InChI is InChI=1S/C13H19NO3/c1-10(6-7-11-4-2-8-16-11)14-13(15)12-5-3-9-17-12/h2,4,8,10,12H,3,5-7,9H2,1H3,(H,14,15)/t10-,12-/m0/s1. The van der Waals surface area contributed by atoms with E-state index < -0.39 is 0 Å². The smallest absolute Gasteiger partial charge is 0.249 e. The number of ether oxygens (including phenoxy) is 1. The average molecular weight is 237 g/mol. The van der Waals surface area contributed by atoms with Crippen LogP contribution in [0.4, 0.5) is 0 Å². The molecule has 17 heavy (non-hydrogen) atoms. The van der Waals surface area contributed by atoms with E-state index in [1.54, 1.807) is 6.26 Å². The van der Waals surface area contributed by atoms with Gasteiger partial charge < -0.3 is 14.5 Å². The number of aryl methyl sites for hydroxylation is 1. The Morgan fingerprint density at radius 3 is 3.18 bits per heavy atom. The molecule has 1 aliphatic rings. The maximum Gasteiger partial charge on any atom is 0.249 e. The van der Waals surface area contributed by atoms with Crippen molar-refractivity contribution in [3.05, 3.63) is 24.2 Å². The fourth-order valence-electron chi connectivity index (χ4n) is 2.01. The van der Waals surface area contributed by atoms with Crippen LogP contribution in [0.2, 0.25) is 0 Å². The summed E-state index contributed by atoms with van der Waals surface area (Å²) in [6.45, 7) is 2.72. The highest BCUT2D eigenvalue weighted by atomic mass is 16.5. The quantitative estimate of drug-likeness (QED) is 0.851. The van der Waals surface area contributed by atoms with Crippen molar-refractivity contribution in [2.75, 3.05) is 6.61 Å². The monoisotopic (exact) mass is 237 g/mol. The lowest BCUT2D eigenvalue weighted by atomic mass is 10.1. The van der Waals surface area contributed by atoms with Gasteiger partial charge in [0.15, 0.2) is 0 Å². The molecule has 0 aliphatic carbocycles. The van der Waals surface area contributed by atoms with Crippen LogP contribution < -0.4 is 5.32 Å². The van der Waals surface area contributed by atoms with Gasteiger partial charge in [0.25, 0.3) is 0 Å². The SMILES string of the molecule is C[C@@H](CCc1ccco1)NC(=O)[C@@H]1CCCO1. The fraction of sp³-hybridized carbons (Fsp3) is 0.615. The molecule has 1 saturated heterocycles. The van der Waals surface area contributed by atoms with Crippen LogP contribution in [0.15, 0.2) is 22.8 Å². The van der Waals surface area contributed by atoms with Gasteiger partial charge in [0.05, 0.1) is 6.26 Å². The molecule has 4 heteroatoms. The second-order valence-corrected chi connectivity index (χ2v) is 4.53. The molecular weight excluding hydrogens is 218 g/mol. The number of carbonyl (C=O) groups is 1. The maximum atomic E-state index is 11.8. The van der Waals surface area contributed by atoms with Crippen LogP contribution in [0, 0.1) is 0 Å². The molecule has 1 amide bonds. The largest absolute Gasteiger partial charge is 0.469 e. The van der Waals surface area contributed by atoms with Crippen molar-refractivity contribution in [1.29, 1.82) is 0 Å². The van der Waals surface area contributed by atoms with Gasteiger partial charge in [-0.1, -0.05) is 0 Å². The van der Waals surface area contributed by atoms with Crippen molar-refractivity contribution in [2.45, 2.75) is 44.8 Å². The summed E-state index contributed by atoms with van der Waals surface area (Å²) in [4.78, 5) is 11.8. The van der Waals surface area contributed by atoms with E-state index >= 15 is 0 Å². The molecule has 0 radical (unpaired) electrons. The number of nitrogens with one attached hydrogen (secondary N) is 1. The van der Waals surface area contributed by atoms with Crippen molar-refractivity contribution in [2.24, 2.45) is 0 Å². The third kappa shape index (κ3) is 3.60. The van der Waals surface area contributed by atoms with E-state index in [0.29, 0.717) is 6.61 Å². The maximum absolute atomic E-state index is 11.8. The molecule has 0 bridgehead atoms. The minimum atomic E-state index is -0.235. The summed E-state index contributed by atoms with van der Waals surface area (Å²) in [6, 6.07) is 3.98. The molecule has 1 fully saturated rings. The van der Waals surface area contributed by atoms with Gasteiger partial charge in [-0.2, -0.15) is 0 Å². The van der Waals surface area contributed by atoms with E-state index in [9.17, 15) is 4.79 Å². The van der Waals surface area contributed by atoms with E-state index in [-0.39, 0.29) is 18.1 Å². The van der Waals surface area contributed by atoms with Gasteiger partial charge in [0, 0.05) is 19.1 Å². The third-order valence-corrected chi connectivity index (χ3v) is 3.01. The van der Waals surface area contributed by atoms with E-state index in [0.717, 1.165) is 31.4 Å². The molecule has 1 aromatic heterocycles. The summed E-state index contributed by atoms with van der Waals surface area (Å²) < 4.78 is 10.6. The Morgan fingerprint density at radius 2 is 2.53 bits per heavy atom. The first kappa shape index (κ1) is 12.2. The Bertz CT molecular complexity index is 342. The number of amides is 1. The lowest BCUT2D eigenvalue weighted by Gasteiger charge is -2.16. The first-order valence-electron chi connectivity index (χ1n) is 6.20. The van der Waals surface area contributed by atoms with Crippen LogP contribution in [0.5, 0.6) is 0 Å². The Labute approximate surface area is 101 Å². The Kier molecular flexibility index (Phi) is 4.20. The molecule has 2 heterocycles. The second-order valence-electron chi connectivity index (χ2n) is 4.53. The summed E-state index contributed by atoms with van der Waals surface area (Å²) in [5, 5.41) is 2.98. The summed E-state index contributed by atoms with van der Waals surface area (Å²) in [5.41, 5.74) is 0. The molecule has 2 rings (SSSR count). The van der Waals surface area contributed by atoms with E-state index in [1.807, 2.05) is 19.1 Å². The minimum Gasteiger partial charge on any atom is -0.469 e. The van der Waals surface area contributed by atoms with E-state index in [1.165, 1.54) is 0 Å². The highest BCUT2D eigenvalue weighted by Gasteiger charge is 2.24. The topological polar surface area (TPSA) is 51.5 Å². The highest BCUT2D eigenvalue weighted by molar-refractivity contribution is 5.81. The zero-order valence-corrected chi connectivity index (χ0v) is 10.1. The molecule has 4 nitrogen and oxygen atoms in total. The van der Waals surface area contributed by atoms with Gasteiger partial charge >= 0.3 is 0 Å². The summed E-state index contributed by atoms with van der Waals surface area (Å²) in [7, 11) is 0. The molecule has 0 unspecified atom stereocenters. The molecule has 0 spiro atoms. The number of hydrogen-bond donors (Lipinski definition) is 1. The van der Waals surface area contributed by atoms with Gasteiger partial charge in [-0.05, 0) is 38.3 Å². The Hall–Kier alpha value is -1.29. The van der Waals surface area contributed by atoms with Crippen molar-refractivity contribution >= 4 is 5.91 Å². The predicted molar refractivity (Wildman–Crippen MR) is 63.6 cm³/mol. The zero-order chi connectivity index (χ0) is 12.1. The molecule has 2 atom stereocenters. The lowest BCUT2D eigenvalue weighted by molar-refractivity contribution is -0.130. The van der Waals surface area contributed by atoms with Crippen LogP contribution in [0.3, 0.4) is 0 Å². The number of carbonyl (C=O) groups excluding carboxylic acids is 1. The number of furan rings is 1. The number of rotatable bonds is 5.